The summed E-state index contributed by atoms with van der Waals surface area (Å²) in [5, 5.41) is 10.2. The average molecular weight is 382 g/mol. The Morgan fingerprint density at radius 2 is 2.00 bits per heavy atom. The first-order chi connectivity index (χ1) is 10.6. The van der Waals surface area contributed by atoms with Crippen LogP contribution >= 0.6 is 27.3 Å². The van der Waals surface area contributed by atoms with Gasteiger partial charge in [0, 0.05) is 0 Å². The summed E-state index contributed by atoms with van der Waals surface area (Å²) in [7, 11) is 0. The number of carbonyl (C=O) groups excluding carboxylic acids is 1. The number of benzene rings is 1. The van der Waals surface area contributed by atoms with Crippen LogP contribution in [0, 0.1) is 5.82 Å². The molecule has 0 radical (unpaired) electrons. The largest absolute Gasteiger partial charge is 0.407 e. The minimum absolute atomic E-state index is 0.0339. The fraction of sp³-hybridized carbons (Fsp3) is 0.0714. The van der Waals surface area contributed by atoms with Gasteiger partial charge in [0.2, 0.25) is 5.89 Å². The third kappa shape index (κ3) is 3.58. The van der Waals surface area contributed by atoms with Crippen molar-refractivity contribution in [2.45, 2.75) is 6.42 Å². The quantitative estimate of drug-likeness (QED) is 0.744. The number of anilines is 1. The predicted octanol–water partition coefficient (Wildman–Crippen LogP) is 3.88. The molecule has 2 aromatic heterocycles. The van der Waals surface area contributed by atoms with E-state index in [4.69, 9.17) is 4.42 Å². The fourth-order valence-electron chi connectivity index (χ4n) is 1.75. The van der Waals surface area contributed by atoms with Crippen LogP contribution in [0.2, 0.25) is 0 Å². The summed E-state index contributed by atoms with van der Waals surface area (Å²) in [4.78, 5) is 12.5. The standard InChI is InChI=1S/C14H9BrFN3O2S/c15-11-6-5-10(22-11)13(20)17-14-19-18-12(21-14)7-8-1-3-9(16)4-2-8/h1-6H,7H2,(H,17,19,20). The highest BCUT2D eigenvalue weighted by Gasteiger charge is 2.13. The van der Waals surface area contributed by atoms with E-state index >= 15 is 0 Å². The second kappa shape index (κ2) is 6.37. The zero-order valence-electron chi connectivity index (χ0n) is 11.0. The van der Waals surface area contributed by atoms with Crippen LogP contribution in [0.4, 0.5) is 10.4 Å². The molecule has 1 amide bonds. The van der Waals surface area contributed by atoms with Gasteiger partial charge in [-0.15, -0.1) is 16.4 Å². The van der Waals surface area contributed by atoms with Crippen molar-refractivity contribution < 1.29 is 13.6 Å². The molecule has 0 saturated heterocycles. The summed E-state index contributed by atoms with van der Waals surface area (Å²) >= 11 is 4.60. The van der Waals surface area contributed by atoms with E-state index in [9.17, 15) is 9.18 Å². The molecule has 22 heavy (non-hydrogen) atoms. The number of aromatic nitrogens is 2. The Hall–Kier alpha value is -2.06. The number of rotatable bonds is 4. The number of amides is 1. The van der Waals surface area contributed by atoms with E-state index in [2.05, 4.69) is 31.4 Å². The molecule has 112 valence electrons. The minimum atomic E-state index is -0.312. The van der Waals surface area contributed by atoms with Crippen molar-refractivity contribution in [3.63, 3.8) is 0 Å². The van der Waals surface area contributed by atoms with E-state index in [1.807, 2.05) is 0 Å². The minimum Gasteiger partial charge on any atom is -0.407 e. The van der Waals surface area contributed by atoms with Crippen molar-refractivity contribution in [3.05, 3.63) is 62.3 Å². The van der Waals surface area contributed by atoms with E-state index in [1.54, 1.807) is 24.3 Å². The van der Waals surface area contributed by atoms with Gasteiger partial charge in [-0.2, -0.15) is 0 Å². The molecule has 0 atom stereocenters. The Morgan fingerprint density at radius 1 is 1.23 bits per heavy atom. The van der Waals surface area contributed by atoms with Gasteiger partial charge in [-0.3, -0.25) is 10.1 Å². The Kier molecular flexibility index (Phi) is 4.30. The zero-order valence-corrected chi connectivity index (χ0v) is 13.4. The van der Waals surface area contributed by atoms with Crippen LogP contribution in [-0.2, 0) is 6.42 Å². The van der Waals surface area contributed by atoms with Crippen LogP contribution in [0.15, 0.2) is 44.6 Å². The predicted molar refractivity (Wildman–Crippen MR) is 83.5 cm³/mol. The monoisotopic (exact) mass is 381 g/mol. The van der Waals surface area contributed by atoms with Crippen LogP contribution in [0.3, 0.4) is 0 Å². The summed E-state index contributed by atoms with van der Waals surface area (Å²) in [5.41, 5.74) is 0.838. The lowest BCUT2D eigenvalue weighted by Crippen LogP contribution is -2.10. The first kappa shape index (κ1) is 14.9. The molecule has 3 aromatic rings. The van der Waals surface area contributed by atoms with E-state index < -0.39 is 0 Å². The second-order valence-corrected chi connectivity index (χ2v) is 6.83. The molecule has 0 bridgehead atoms. The second-order valence-electron chi connectivity index (χ2n) is 4.36. The summed E-state index contributed by atoms with van der Waals surface area (Å²) in [6, 6.07) is 9.52. The van der Waals surface area contributed by atoms with Crippen LogP contribution in [0.25, 0.3) is 0 Å². The molecule has 0 saturated carbocycles. The van der Waals surface area contributed by atoms with Crippen molar-refractivity contribution in [2.24, 2.45) is 0 Å². The lowest BCUT2D eigenvalue weighted by Gasteiger charge is -1.97. The lowest BCUT2D eigenvalue weighted by molar-refractivity contribution is 0.102. The molecule has 5 nitrogen and oxygen atoms in total. The van der Waals surface area contributed by atoms with E-state index in [1.165, 1.54) is 23.5 Å². The molecular weight excluding hydrogens is 373 g/mol. The van der Waals surface area contributed by atoms with Crippen LogP contribution in [-0.4, -0.2) is 16.1 Å². The molecule has 0 aliphatic rings. The van der Waals surface area contributed by atoms with Crippen molar-refractivity contribution in [1.82, 2.24) is 10.2 Å². The summed E-state index contributed by atoms with van der Waals surface area (Å²) in [6.45, 7) is 0. The normalized spacial score (nSPS) is 10.6. The van der Waals surface area contributed by atoms with Gasteiger partial charge in [0.05, 0.1) is 15.1 Å². The number of nitrogens with one attached hydrogen (secondary N) is 1. The first-order valence-corrected chi connectivity index (χ1v) is 7.84. The third-order valence-electron chi connectivity index (χ3n) is 2.75. The SMILES string of the molecule is O=C(Nc1nnc(Cc2ccc(F)cc2)o1)c1ccc(Br)s1. The average Bonchev–Trinajstić information content (AvgIpc) is 3.11. The molecule has 3 rings (SSSR count). The van der Waals surface area contributed by atoms with Gasteiger partial charge >= 0.3 is 6.01 Å². The molecule has 0 aliphatic heterocycles. The molecule has 0 fully saturated rings. The number of hydrogen-bond donors (Lipinski definition) is 1. The first-order valence-electron chi connectivity index (χ1n) is 6.23. The molecule has 2 heterocycles. The number of carbonyl (C=O) groups is 1. The molecule has 0 unspecified atom stereocenters. The van der Waals surface area contributed by atoms with E-state index in [0.29, 0.717) is 17.2 Å². The topological polar surface area (TPSA) is 68.0 Å². The summed E-state index contributed by atoms with van der Waals surface area (Å²) in [6.07, 6.45) is 0.369. The smallest absolute Gasteiger partial charge is 0.322 e. The highest BCUT2D eigenvalue weighted by atomic mass is 79.9. The van der Waals surface area contributed by atoms with Gasteiger partial charge in [0.25, 0.3) is 5.91 Å². The molecule has 8 heteroatoms. The number of hydrogen-bond acceptors (Lipinski definition) is 5. The van der Waals surface area contributed by atoms with Crippen LogP contribution in [0.1, 0.15) is 21.1 Å². The number of nitrogens with zero attached hydrogens (tertiary/aromatic N) is 2. The third-order valence-corrected chi connectivity index (χ3v) is 4.38. The van der Waals surface area contributed by atoms with Gasteiger partial charge in [-0.25, -0.2) is 4.39 Å². The highest BCUT2D eigenvalue weighted by molar-refractivity contribution is 9.11. The van der Waals surface area contributed by atoms with Gasteiger partial charge in [-0.05, 0) is 45.8 Å². The Morgan fingerprint density at radius 3 is 2.68 bits per heavy atom. The highest BCUT2D eigenvalue weighted by Crippen LogP contribution is 2.23. The van der Waals surface area contributed by atoms with Gasteiger partial charge in [-0.1, -0.05) is 17.2 Å². The van der Waals surface area contributed by atoms with Crippen molar-refractivity contribution >= 4 is 39.2 Å². The maximum Gasteiger partial charge on any atom is 0.322 e. The zero-order chi connectivity index (χ0) is 15.5. The molecule has 1 N–H and O–H groups in total. The summed E-state index contributed by atoms with van der Waals surface area (Å²) in [5.74, 6) is -0.272. The van der Waals surface area contributed by atoms with Crippen LogP contribution < -0.4 is 5.32 Å². The van der Waals surface area contributed by atoms with Crippen molar-refractivity contribution in [3.8, 4) is 0 Å². The fourth-order valence-corrected chi connectivity index (χ4v) is 3.03. The summed E-state index contributed by atoms with van der Waals surface area (Å²) < 4.78 is 19.1. The maximum atomic E-state index is 12.8. The number of halogens is 2. The Balaban J connectivity index is 1.66. The van der Waals surface area contributed by atoms with E-state index in [0.717, 1.165) is 9.35 Å². The van der Waals surface area contributed by atoms with E-state index in [-0.39, 0.29) is 17.7 Å². The van der Waals surface area contributed by atoms with Crippen molar-refractivity contribution in [1.29, 1.82) is 0 Å². The molecular formula is C14H9BrFN3O2S. The van der Waals surface area contributed by atoms with Gasteiger partial charge in [0.1, 0.15) is 5.82 Å². The van der Waals surface area contributed by atoms with Crippen LogP contribution in [0.5, 0.6) is 0 Å². The molecule has 0 aliphatic carbocycles. The molecule has 0 spiro atoms. The Bertz CT molecular complexity index is 801. The number of thiophene rings is 1. The molecule has 1 aromatic carbocycles. The van der Waals surface area contributed by atoms with Crippen molar-refractivity contribution in [2.75, 3.05) is 5.32 Å². The lowest BCUT2D eigenvalue weighted by atomic mass is 10.1. The maximum absolute atomic E-state index is 12.8. The van der Waals surface area contributed by atoms with Gasteiger partial charge in [0.15, 0.2) is 0 Å². The van der Waals surface area contributed by atoms with Gasteiger partial charge < -0.3 is 4.42 Å². The Labute approximate surface area is 137 Å².